The lowest BCUT2D eigenvalue weighted by Crippen LogP contribution is -2.38. The summed E-state index contributed by atoms with van der Waals surface area (Å²) in [7, 11) is -7.96. The molecule has 0 aliphatic heterocycles. The molecule has 0 fully saturated rings. The minimum absolute atomic E-state index is 0.0372. The van der Waals surface area contributed by atoms with Crippen LogP contribution in [0, 0.1) is 11.2 Å². The van der Waals surface area contributed by atoms with E-state index >= 15 is 0 Å². The zero-order valence-corrected chi connectivity index (χ0v) is 13.1. The van der Waals surface area contributed by atoms with Crippen LogP contribution in [-0.2, 0) is 19.9 Å². The van der Waals surface area contributed by atoms with Crippen LogP contribution in [0.25, 0.3) is 0 Å². The SMILES string of the molecule is CCN(CC(=N)N)S(=O)(=O)c1cc(S(C)(=O)=O)ccc1F. The maximum atomic E-state index is 13.8. The van der Waals surface area contributed by atoms with Gasteiger partial charge in [-0.25, -0.2) is 21.2 Å². The number of benzene rings is 1. The first-order valence-corrected chi connectivity index (χ1v) is 9.16. The number of nitrogens with zero attached hydrogens (tertiary/aromatic N) is 1. The number of sulfone groups is 1. The van der Waals surface area contributed by atoms with Crippen LogP contribution in [-0.4, -0.2) is 46.3 Å². The number of likely N-dealkylation sites (N-methyl/N-ethyl adjacent to an activating group) is 1. The summed E-state index contributed by atoms with van der Waals surface area (Å²) in [4.78, 5) is -1.06. The molecule has 1 aromatic carbocycles. The zero-order valence-electron chi connectivity index (χ0n) is 11.5. The van der Waals surface area contributed by atoms with Crippen LogP contribution in [0.2, 0.25) is 0 Å². The topological polar surface area (TPSA) is 121 Å². The predicted octanol–water partition coefficient (Wildman–Crippen LogP) is 0.176. The Labute approximate surface area is 123 Å². The lowest BCUT2D eigenvalue weighted by atomic mass is 10.3. The Bertz CT molecular complexity index is 760. The third-order valence-corrected chi connectivity index (χ3v) is 5.69. The maximum Gasteiger partial charge on any atom is 0.246 e. The van der Waals surface area contributed by atoms with Gasteiger partial charge in [-0.2, -0.15) is 4.31 Å². The molecule has 3 N–H and O–H groups in total. The van der Waals surface area contributed by atoms with Gasteiger partial charge in [-0.1, -0.05) is 6.92 Å². The third-order valence-electron chi connectivity index (χ3n) is 2.65. The van der Waals surface area contributed by atoms with Crippen molar-refractivity contribution < 1.29 is 21.2 Å². The van der Waals surface area contributed by atoms with E-state index in [0.29, 0.717) is 0 Å². The first kappa shape index (κ1) is 17.5. The Balaban J connectivity index is 3.46. The number of hydrogen-bond donors (Lipinski definition) is 2. The minimum atomic E-state index is -4.29. The van der Waals surface area contributed by atoms with Crippen LogP contribution in [0.4, 0.5) is 4.39 Å². The lowest BCUT2D eigenvalue weighted by Gasteiger charge is -2.20. The molecule has 1 aromatic rings. The van der Waals surface area contributed by atoms with Gasteiger partial charge in [0.15, 0.2) is 9.84 Å². The van der Waals surface area contributed by atoms with E-state index in [1.807, 2.05) is 0 Å². The van der Waals surface area contributed by atoms with E-state index in [2.05, 4.69) is 0 Å². The minimum Gasteiger partial charge on any atom is -0.387 e. The van der Waals surface area contributed by atoms with Crippen molar-refractivity contribution in [1.82, 2.24) is 4.31 Å². The molecule has 0 radical (unpaired) electrons. The summed E-state index contributed by atoms with van der Waals surface area (Å²) >= 11 is 0. The summed E-state index contributed by atoms with van der Waals surface area (Å²) < 4.78 is 62.2. The number of halogens is 1. The van der Waals surface area contributed by atoms with Gasteiger partial charge in [-0.15, -0.1) is 0 Å². The first-order valence-electron chi connectivity index (χ1n) is 5.82. The number of nitrogens with two attached hydrogens (primary N) is 1. The smallest absolute Gasteiger partial charge is 0.246 e. The van der Waals surface area contributed by atoms with Gasteiger partial charge in [-0.3, -0.25) is 5.41 Å². The molecule has 1 rings (SSSR count). The summed E-state index contributed by atoms with van der Waals surface area (Å²) in [6, 6.07) is 2.54. The standard InChI is InChI=1S/C11H16FN3O4S2/c1-3-15(7-11(13)14)21(18,19)10-6-8(20(2,16)17)4-5-9(10)12/h4-6H,3,7H2,1-2H3,(H3,13,14). The second-order valence-corrected chi connectivity index (χ2v) is 8.24. The summed E-state index contributed by atoms with van der Waals surface area (Å²) in [6.45, 7) is 1.06. The first-order chi connectivity index (χ1) is 9.50. The molecule has 118 valence electrons. The van der Waals surface area contributed by atoms with E-state index in [1.165, 1.54) is 6.92 Å². The van der Waals surface area contributed by atoms with Crippen LogP contribution >= 0.6 is 0 Å². The fraction of sp³-hybridized carbons (Fsp3) is 0.364. The van der Waals surface area contributed by atoms with Crippen molar-refractivity contribution in [2.75, 3.05) is 19.3 Å². The van der Waals surface area contributed by atoms with Crippen molar-refractivity contribution in [2.24, 2.45) is 5.73 Å². The normalized spacial score (nSPS) is 12.6. The molecule has 0 saturated carbocycles. The van der Waals surface area contributed by atoms with E-state index in [1.54, 1.807) is 0 Å². The average molecular weight is 337 g/mol. The maximum absolute atomic E-state index is 13.8. The van der Waals surface area contributed by atoms with Gasteiger partial charge >= 0.3 is 0 Å². The zero-order chi connectivity index (χ0) is 16.4. The van der Waals surface area contributed by atoms with Crippen LogP contribution in [0.1, 0.15) is 6.92 Å². The van der Waals surface area contributed by atoms with E-state index < -0.39 is 43.0 Å². The second-order valence-electron chi connectivity index (χ2n) is 4.32. The average Bonchev–Trinajstić information content (AvgIpc) is 2.34. The van der Waals surface area contributed by atoms with Crippen LogP contribution in [0.3, 0.4) is 0 Å². The Morgan fingerprint density at radius 3 is 2.33 bits per heavy atom. The van der Waals surface area contributed by atoms with Gasteiger partial charge in [0.05, 0.1) is 11.4 Å². The highest BCUT2D eigenvalue weighted by atomic mass is 32.2. The van der Waals surface area contributed by atoms with Gasteiger partial charge < -0.3 is 5.73 Å². The predicted molar refractivity (Wildman–Crippen MR) is 75.9 cm³/mol. The van der Waals surface area contributed by atoms with Crippen molar-refractivity contribution in [3.05, 3.63) is 24.0 Å². The highest BCUT2D eigenvalue weighted by Gasteiger charge is 2.28. The Morgan fingerprint density at radius 2 is 1.90 bits per heavy atom. The highest BCUT2D eigenvalue weighted by molar-refractivity contribution is 7.91. The van der Waals surface area contributed by atoms with E-state index in [-0.39, 0.29) is 11.4 Å². The number of hydrogen-bond acceptors (Lipinski definition) is 5. The molecule has 0 atom stereocenters. The van der Waals surface area contributed by atoms with Crippen molar-refractivity contribution in [1.29, 1.82) is 5.41 Å². The van der Waals surface area contributed by atoms with Gasteiger partial charge in [0.25, 0.3) is 0 Å². The molecular weight excluding hydrogens is 321 g/mol. The number of amidine groups is 1. The van der Waals surface area contributed by atoms with Gasteiger partial charge in [0.2, 0.25) is 10.0 Å². The number of nitrogens with one attached hydrogen (secondary N) is 1. The fourth-order valence-electron chi connectivity index (χ4n) is 1.61. The summed E-state index contributed by atoms with van der Waals surface area (Å²) in [5, 5.41) is 7.15. The molecule has 0 spiro atoms. The third kappa shape index (κ3) is 3.99. The van der Waals surface area contributed by atoms with Gasteiger partial charge in [0.1, 0.15) is 16.5 Å². The molecule has 0 aliphatic carbocycles. The largest absolute Gasteiger partial charge is 0.387 e. The van der Waals surface area contributed by atoms with Crippen molar-refractivity contribution in [3.8, 4) is 0 Å². The monoisotopic (exact) mass is 337 g/mol. The molecule has 0 bridgehead atoms. The van der Waals surface area contributed by atoms with Crippen molar-refractivity contribution in [3.63, 3.8) is 0 Å². The summed E-state index contributed by atoms with van der Waals surface area (Å²) in [5.74, 6) is -1.47. The van der Waals surface area contributed by atoms with Crippen molar-refractivity contribution in [2.45, 2.75) is 16.7 Å². The number of sulfonamides is 1. The number of rotatable bonds is 6. The van der Waals surface area contributed by atoms with Gasteiger partial charge in [-0.05, 0) is 18.2 Å². The molecule has 0 aliphatic rings. The lowest BCUT2D eigenvalue weighted by molar-refractivity contribution is 0.459. The molecule has 0 unspecified atom stereocenters. The molecule has 0 aromatic heterocycles. The Hall–Kier alpha value is -1.52. The van der Waals surface area contributed by atoms with E-state index in [9.17, 15) is 21.2 Å². The van der Waals surface area contributed by atoms with Gasteiger partial charge in [0, 0.05) is 12.8 Å². The summed E-state index contributed by atoms with van der Waals surface area (Å²) in [5.41, 5.74) is 5.17. The van der Waals surface area contributed by atoms with Crippen LogP contribution in [0.15, 0.2) is 28.0 Å². The molecule has 0 heterocycles. The molecule has 0 amide bonds. The molecule has 21 heavy (non-hydrogen) atoms. The molecule has 0 saturated heterocycles. The molecule has 7 nitrogen and oxygen atoms in total. The second kappa shape index (κ2) is 6.08. The van der Waals surface area contributed by atoms with Crippen LogP contribution in [0.5, 0.6) is 0 Å². The van der Waals surface area contributed by atoms with E-state index in [0.717, 1.165) is 28.8 Å². The summed E-state index contributed by atoms with van der Waals surface area (Å²) in [6.07, 6.45) is 0.893. The molecule has 10 heteroatoms. The quantitative estimate of drug-likeness (QED) is 0.435. The Morgan fingerprint density at radius 1 is 1.33 bits per heavy atom. The molecular formula is C11H16FN3O4S2. The van der Waals surface area contributed by atoms with Crippen molar-refractivity contribution >= 4 is 25.7 Å². The fourth-order valence-corrected chi connectivity index (χ4v) is 3.85. The van der Waals surface area contributed by atoms with Crippen LogP contribution < -0.4 is 5.73 Å². The Kier molecular flexibility index (Phi) is 5.07. The highest BCUT2D eigenvalue weighted by Crippen LogP contribution is 2.22. The van der Waals surface area contributed by atoms with E-state index in [4.69, 9.17) is 11.1 Å².